The summed E-state index contributed by atoms with van der Waals surface area (Å²) >= 11 is 0. The first-order chi connectivity index (χ1) is 11.6. The largest absolute Gasteiger partial charge is 0.375 e. The van der Waals surface area contributed by atoms with Gasteiger partial charge in [0.25, 0.3) is 11.8 Å². The number of halogens is 2. The zero-order valence-corrected chi connectivity index (χ0v) is 13.2. The average Bonchev–Trinajstić information content (AvgIpc) is 3.06. The van der Waals surface area contributed by atoms with Gasteiger partial charge in [-0.3, -0.25) is 4.79 Å². The molecule has 1 unspecified atom stereocenters. The Balaban J connectivity index is 1.72. The molecule has 1 aromatic heterocycles. The van der Waals surface area contributed by atoms with E-state index in [1.807, 2.05) is 0 Å². The second kappa shape index (κ2) is 7.04. The maximum Gasteiger partial charge on any atom is 0.253 e. The van der Waals surface area contributed by atoms with E-state index in [1.54, 1.807) is 4.90 Å². The molecule has 24 heavy (non-hydrogen) atoms. The molecular formula is C16H17F2N3O3. The Morgan fingerprint density at radius 1 is 1.42 bits per heavy atom. The highest BCUT2D eigenvalue weighted by molar-refractivity contribution is 5.94. The minimum Gasteiger partial charge on any atom is -0.375 e. The van der Waals surface area contributed by atoms with E-state index >= 15 is 0 Å². The number of aromatic nitrogens is 2. The van der Waals surface area contributed by atoms with Gasteiger partial charge in [-0.1, -0.05) is 5.16 Å². The molecule has 8 heteroatoms. The van der Waals surface area contributed by atoms with Crippen molar-refractivity contribution in [1.82, 2.24) is 15.0 Å². The third-order valence-corrected chi connectivity index (χ3v) is 3.99. The molecule has 0 spiro atoms. The van der Waals surface area contributed by atoms with Crippen LogP contribution in [0.25, 0.3) is 0 Å². The van der Waals surface area contributed by atoms with Crippen LogP contribution < -0.4 is 0 Å². The third kappa shape index (κ3) is 3.43. The SMILES string of the molecule is COCc1nc(C2CCCN(C(=O)c3ccc(F)c(F)c3)C2)no1. The van der Waals surface area contributed by atoms with Gasteiger partial charge in [-0.2, -0.15) is 4.98 Å². The summed E-state index contributed by atoms with van der Waals surface area (Å²) < 4.78 is 36.4. The Kier molecular flexibility index (Phi) is 4.84. The Hall–Kier alpha value is -2.35. The molecule has 6 nitrogen and oxygen atoms in total. The van der Waals surface area contributed by atoms with Crippen molar-refractivity contribution in [1.29, 1.82) is 0 Å². The zero-order valence-electron chi connectivity index (χ0n) is 13.2. The van der Waals surface area contributed by atoms with Gasteiger partial charge in [-0.15, -0.1) is 0 Å². The van der Waals surface area contributed by atoms with Crippen molar-refractivity contribution in [3.63, 3.8) is 0 Å². The number of ether oxygens (including phenoxy) is 1. The number of likely N-dealkylation sites (tertiary alicyclic amines) is 1. The summed E-state index contributed by atoms with van der Waals surface area (Å²) in [6, 6.07) is 3.17. The van der Waals surface area contributed by atoms with Crippen LogP contribution in [0.1, 0.15) is 40.8 Å². The van der Waals surface area contributed by atoms with Gasteiger partial charge in [0.15, 0.2) is 17.5 Å². The summed E-state index contributed by atoms with van der Waals surface area (Å²) in [7, 11) is 1.53. The molecule has 1 aliphatic rings. The van der Waals surface area contributed by atoms with Crippen molar-refractivity contribution in [3.05, 3.63) is 47.1 Å². The van der Waals surface area contributed by atoms with E-state index in [-0.39, 0.29) is 24.0 Å². The molecule has 0 aliphatic carbocycles. The lowest BCUT2D eigenvalue weighted by Crippen LogP contribution is -2.39. The van der Waals surface area contributed by atoms with E-state index in [4.69, 9.17) is 9.26 Å². The molecule has 1 fully saturated rings. The number of carbonyl (C=O) groups excluding carboxylic acids is 1. The summed E-state index contributed by atoms with van der Waals surface area (Å²) in [5.74, 6) is -1.47. The molecule has 1 amide bonds. The van der Waals surface area contributed by atoms with E-state index < -0.39 is 11.6 Å². The number of hydrogen-bond donors (Lipinski definition) is 0. The first-order valence-corrected chi connectivity index (χ1v) is 7.64. The van der Waals surface area contributed by atoms with E-state index in [9.17, 15) is 13.6 Å². The number of benzene rings is 1. The van der Waals surface area contributed by atoms with Gasteiger partial charge in [0.1, 0.15) is 6.61 Å². The summed E-state index contributed by atoms with van der Waals surface area (Å²) in [5, 5.41) is 3.94. The molecule has 1 aromatic carbocycles. The Morgan fingerprint density at radius 2 is 2.25 bits per heavy atom. The quantitative estimate of drug-likeness (QED) is 0.857. The van der Waals surface area contributed by atoms with Crippen molar-refractivity contribution in [2.24, 2.45) is 0 Å². The van der Waals surface area contributed by atoms with Crippen LogP contribution in [0.3, 0.4) is 0 Å². The van der Waals surface area contributed by atoms with Crippen molar-refractivity contribution in [2.75, 3.05) is 20.2 Å². The monoisotopic (exact) mass is 337 g/mol. The van der Waals surface area contributed by atoms with Gasteiger partial charge >= 0.3 is 0 Å². The molecule has 1 saturated heterocycles. The van der Waals surface area contributed by atoms with Crippen LogP contribution in [0.5, 0.6) is 0 Å². The van der Waals surface area contributed by atoms with E-state index in [2.05, 4.69) is 10.1 Å². The smallest absolute Gasteiger partial charge is 0.253 e. The Bertz CT molecular complexity index is 735. The van der Waals surface area contributed by atoms with E-state index in [0.29, 0.717) is 24.8 Å². The Labute approximate surface area is 137 Å². The lowest BCUT2D eigenvalue weighted by Gasteiger charge is -2.31. The fraction of sp³-hybridized carbons (Fsp3) is 0.438. The highest BCUT2D eigenvalue weighted by atomic mass is 19.2. The minimum absolute atomic E-state index is 0.0534. The van der Waals surface area contributed by atoms with E-state index in [0.717, 1.165) is 25.0 Å². The van der Waals surface area contributed by atoms with Crippen LogP contribution in [0, 0.1) is 11.6 Å². The predicted octanol–water partition coefficient (Wildman–Crippen LogP) is 2.51. The molecular weight excluding hydrogens is 320 g/mol. The van der Waals surface area contributed by atoms with Crippen LogP contribution >= 0.6 is 0 Å². The number of nitrogens with zero attached hydrogens (tertiary/aromatic N) is 3. The summed E-state index contributed by atoms with van der Waals surface area (Å²) in [4.78, 5) is 18.4. The second-order valence-electron chi connectivity index (χ2n) is 5.70. The van der Waals surface area contributed by atoms with Gasteiger partial charge in [-0.25, -0.2) is 8.78 Å². The highest BCUT2D eigenvalue weighted by Crippen LogP contribution is 2.26. The van der Waals surface area contributed by atoms with Crippen molar-refractivity contribution >= 4 is 5.91 Å². The maximum absolute atomic E-state index is 13.3. The number of rotatable bonds is 4. The minimum atomic E-state index is -1.03. The van der Waals surface area contributed by atoms with Gasteiger partial charge in [0, 0.05) is 31.7 Å². The molecule has 1 aliphatic heterocycles. The van der Waals surface area contributed by atoms with Crippen molar-refractivity contribution in [3.8, 4) is 0 Å². The second-order valence-corrected chi connectivity index (χ2v) is 5.70. The predicted molar refractivity (Wildman–Crippen MR) is 79.2 cm³/mol. The van der Waals surface area contributed by atoms with Gasteiger partial charge in [0.05, 0.1) is 0 Å². The van der Waals surface area contributed by atoms with Crippen molar-refractivity contribution < 1.29 is 22.8 Å². The number of piperidine rings is 1. The molecule has 3 rings (SSSR count). The van der Waals surface area contributed by atoms with Gasteiger partial charge in [-0.05, 0) is 31.0 Å². The molecule has 1 atom stereocenters. The summed E-state index contributed by atoms with van der Waals surface area (Å²) in [6.07, 6.45) is 1.60. The van der Waals surface area contributed by atoms with Crippen molar-refractivity contribution in [2.45, 2.75) is 25.4 Å². The van der Waals surface area contributed by atoms with Gasteiger partial charge < -0.3 is 14.2 Å². The topological polar surface area (TPSA) is 68.5 Å². The van der Waals surface area contributed by atoms with Crippen LogP contribution in [0.2, 0.25) is 0 Å². The highest BCUT2D eigenvalue weighted by Gasteiger charge is 2.28. The lowest BCUT2D eigenvalue weighted by molar-refractivity contribution is 0.0703. The molecule has 0 bridgehead atoms. The third-order valence-electron chi connectivity index (χ3n) is 3.99. The molecule has 2 aromatic rings. The summed E-state index contributed by atoms with van der Waals surface area (Å²) in [6.45, 7) is 1.19. The fourth-order valence-corrected chi connectivity index (χ4v) is 2.80. The lowest BCUT2D eigenvalue weighted by atomic mass is 9.96. The van der Waals surface area contributed by atoms with Crippen LogP contribution in [-0.2, 0) is 11.3 Å². The summed E-state index contributed by atoms with van der Waals surface area (Å²) in [5.41, 5.74) is 0.128. The van der Waals surface area contributed by atoms with Crippen LogP contribution in [-0.4, -0.2) is 41.1 Å². The number of methoxy groups -OCH3 is 1. The Morgan fingerprint density at radius 3 is 3.00 bits per heavy atom. The maximum atomic E-state index is 13.3. The van der Waals surface area contributed by atoms with Crippen LogP contribution in [0.15, 0.2) is 22.7 Å². The standard InChI is InChI=1S/C16H17F2N3O3/c1-23-9-14-19-15(20-24-14)11-3-2-6-21(8-11)16(22)10-4-5-12(17)13(18)7-10/h4-5,7,11H,2-3,6,8-9H2,1H3. The molecule has 2 heterocycles. The molecule has 0 radical (unpaired) electrons. The fourth-order valence-electron chi connectivity index (χ4n) is 2.80. The van der Waals surface area contributed by atoms with E-state index in [1.165, 1.54) is 13.2 Å². The average molecular weight is 337 g/mol. The molecule has 0 saturated carbocycles. The normalized spacial score (nSPS) is 18.0. The number of hydrogen-bond acceptors (Lipinski definition) is 5. The zero-order chi connectivity index (χ0) is 17.1. The molecule has 0 N–H and O–H groups in total. The number of amides is 1. The first kappa shape index (κ1) is 16.5. The van der Waals surface area contributed by atoms with Gasteiger partial charge in [0.2, 0.25) is 0 Å². The first-order valence-electron chi connectivity index (χ1n) is 7.64. The number of carbonyl (C=O) groups is 1. The van der Waals surface area contributed by atoms with Crippen LogP contribution in [0.4, 0.5) is 8.78 Å². The molecule has 128 valence electrons.